The minimum Gasteiger partial charge on any atom is -0.462 e. The smallest absolute Gasteiger partial charge is 0.306 e. The molecule has 4 rings (SSSR count). The van der Waals surface area contributed by atoms with Crippen LogP contribution in [0.15, 0.2) is 12.2 Å². The average Bonchev–Trinajstić information content (AvgIpc) is 2.96. The first kappa shape index (κ1) is 18.1. The van der Waals surface area contributed by atoms with Crippen LogP contribution >= 0.6 is 0 Å². The summed E-state index contributed by atoms with van der Waals surface area (Å²) in [5, 5.41) is 3.18. The van der Waals surface area contributed by atoms with E-state index in [1.54, 1.807) is 6.08 Å². The maximum Gasteiger partial charge on any atom is 0.306 e. The van der Waals surface area contributed by atoms with E-state index in [0.29, 0.717) is 36.1 Å². The zero-order valence-corrected chi connectivity index (χ0v) is 16.2. The van der Waals surface area contributed by atoms with Gasteiger partial charge >= 0.3 is 5.97 Å². The summed E-state index contributed by atoms with van der Waals surface area (Å²) in [5.41, 5.74) is 0.150. The molecule has 4 nitrogen and oxygen atoms in total. The van der Waals surface area contributed by atoms with Crippen LogP contribution in [0.5, 0.6) is 0 Å². The van der Waals surface area contributed by atoms with Crippen LogP contribution in [0.25, 0.3) is 0 Å². The normalized spacial score (nSPS) is 43.8. The highest BCUT2D eigenvalue weighted by Gasteiger charge is 2.57. The lowest BCUT2D eigenvalue weighted by atomic mass is 9.53. The first-order valence-electron chi connectivity index (χ1n) is 10.7. The van der Waals surface area contributed by atoms with Gasteiger partial charge in [0.05, 0.1) is 0 Å². The minimum absolute atomic E-state index is 0.00230. The number of esters is 1. The second-order valence-electron chi connectivity index (χ2n) is 9.27. The highest BCUT2D eigenvalue weighted by atomic mass is 16.5. The van der Waals surface area contributed by atoms with Gasteiger partial charge in [0.1, 0.15) is 6.10 Å². The second kappa shape index (κ2) is 7.01. The first-order chi connectivity index (χ1) is 12.5. The van der Waals surface area contributed by atoms with Gasteiger partial charge in [-0.1, -0.05) is 26.3 Å². The molecule has 0 saturated heterocycles. The van der Waals surface area contributed by atoms with Crippen LogP contribution in [0.4, 0.5) is 0 Å². The second-order valence-corrected chi connectivity index (χ2v) is 9.27. The van der Waals surface area contributed by atoms with Crippen molar-refractivity contribution in [2.75, 3.05) is 0 Å². The quantitative estimate of drug-likeness (QED) is 0.772. The van der Waals surface area contributed by atoms with Crippen molar-refractivity contribution >= 4 is 11.9 Å². The van der Waals surface area contributed by atoms with Gasteiger partial charge in [-0.3, -0.25) is 9.59 Å². The summed E-state index contributed by atoms with van der Waals surface area (Å²) in [6, 6.07) is 0.335. The molecule has 1 heterocycles. The number of nitrogens with one attached hydrogen (secondary N) is 1. The van der Waals surface area contributed by atoms with Gasteiger partial charge in [-0.25, -0.2) is 0 Å². The largest absolute Gasteiger partial charge is 0.462 e. The van der Waals surface area contributed by atoms with Crippen molar-refractivity contribution in [1.82, 2.24) is 5.32 Å². The Kier molecular flexibility index (Phi) is 4.87. The number of amides is 1. The van der Waals surface area contributed by atoms with Crippen molar-refractivity contribution < 1.29 is 14.3 Å². The third-order valence-electron chi connectivity index (χ3n) is 7.98. The molecule has 3 aliphatic carbocycles. The maximum atomic E-state index is 12.2. The average molecular weight is 360 g/mol. The highest BCUT2D eigenvalue weighted by molar-refractivity contribution is 5.88. The summed E-state index contributed by atoms with van der Waals surface area (Å²) < 4.78 is 5.98. The molecule has 0 aromatic carbocycles. The highest BCUT2D eigenvalue weighted by Crippen LogP contribution is 2.61. The Morgan fingerprint density at radius 1 is 1.23 bits per heavy atom. The molecule has 0 aromatic rings. The van der Waals surface area contributed by atoms with Crippen LogP contribution in [0.1, 0.15) is 71.6 Å². The summed E-state index contributed by atoms with van der Waals surface area (Å²) in [6.45, 7) is 4.49. The fourth-order valence-electron chi connectivity index (χ4n) is 6.63. The lowest BCUT2D eigenvalue weighted by molar-refractivity contribution is -0.159. The SMILES string of the molecule is CCCCC(=O)O[C@H]1CC[C@H]2[C@@H]3CC[C@H]4NC(=O)C=C[C@@H]4[C@H]3CC[C@]12C. The predicted octanol–water partition coefficient (Wildman–Crippen LogP) is 4.00. The van der Waals surface area contributed by atoms with Crippen LogP contribution in [0, 0.1) is 29.1 Å². The van der Waals surface area contributed by atoms with Gasteiger partial charge in [-0.05, 0) is 68.8 Å². The lowest BCUT2D eigenvalue weighted by Gasteiger charge is -2.54. The molecule has 0 aromatic heterocycles. The van der Waals surface area contributed by atoms with Gasteiger partial charge in [0.15, 0.2) is 0 Å². The monoisotopic (exact) mass is 359 g/mol. The van der Waals surface area contributed by atoms with E-state index in [0.717, 1.165) is 32.1 Å². The molecular formula is C22H33NO3. The van der Waals surface area contributed by atoms with Gasteiger partial charge in [0.25, 0.3) is 0 Å². The Morgan fingerprint density at radius 2 is 2.08 bits per heavy atom. The summed E-state index contributed by atoms with van der Waals surface area (Å²) in [5.74, 6) is 2.64. The number of hydrogen-bond donors (Lipinski definition) is 1. The molecule has 144 valence electrons. The van der Waals surface area contributed by atoms with Gasteiger partial charge < -0.3 is 10.1 Å². The van der Waals surface area contributed by atoms with Gasteiger partial charge in [-0.15, -0.1) is 0 Å². The van der Waals surface area contributed by atoms with Crippen molar-refractivity contribution in [2.45, 2.75) is 83.8 Å². The zero-order valence-electron chi connectivity index (χ0n) is 16.2. The zero-order chi connectivity index (χ0) is 18.3. The maximum absolute atomic E-state index is 12.2. The third-order valence-corrected chi connectivity index (χ3v) is 7.98. The van der Waals surface area contributed by atoms with Gasteiger partial charge in [0.2, 0.25) is 5.91 Å². The van der Waals surface area contributed by atoms with Crippen LogP contribution in [-0.2, 0) is 14.3 Å². The van der Waals surface area contributed by atoms with E-state index in [4.69, 9.17) is 4.74 Å². The fraction of sp³-hybridized carbons (Fsp3) is 0.818. The number of rotatable bonds is 4. The van der Waals surface area contributed by atoms with Crippen molar-refractivity contribution in [3.05, 3.63) is 12.2 Å². The Labute approximate surface area is 157 Å². The molecule has 3 fully saturated rings. The van der Waals surface area contributed by atoms with E-state index in [9.17, 15) is 9.59 Å². The Bertz CT molecular complexity index is 600. The van der Waals surface area contributed by atoms with E-state index < -0.39 is 0 Å². The number of hydrogen-bond acceptors (Lipinski definition) is 3. The fourth-order valence-corrected chi connectivity index (χ4v) is 6.63. The van der Waals surface area contributed by atoms with Crippen molar-refractivity contribution in [2.24, 2.45) is 29.1 Å². The van der Waals surface area contributed by atoms with Crippen molar-refractivity contribution in [3.63, 3.8) is 0 Å². The molecule has 3 saturated carbocycles. The molecule has 1 amide bonds. The molecule has 4 aliphatic rings. The van der Waals surface area contributed by atoms with Crippen molar-refractivity contribution in [1.29, 1.82) is 0 Å². The van der Waals surface area contributed by atoms with Crippen LogP contribution in [0.3, 0.4) is 0 Å². The van der Waals surface area contributed by atoms with E-state index in [1.807, 2.05) is 0 Å². The molecule has 4 heteroatoms. The number of ether oxygens (including phenoxy) is 1. The van der Waals surface area contributed by atoms with Crippen molar-refractivity contribution in [3.8, 4) is 0 Å². The lowest BCUT2D eigenvalue weighted by Crippen LogP contribution is -2.54. The molecule has 1 aliphatic heterocycles. The van der Waals surface area contributed by atoms with Crippen LogP contribution in [0.2, 0.25) is 0 Å². The Morgan fingerprint density at radius 3 is 2.88 bits per heavy atom. The Balaban J connectivity index is 1.47. The summed E-state index contributed by atoms with van der Waals surface area (Å²) in [6.07, 6.45) is 13.4. The standard InChI is InChI=1S/C22H33NO3/c1-3-4-5-21(25)26-19-10-8-17-15-6-9-18-16(7-11-20(24)23-18)14(15)12-13-22(17,19)2/h7,11,14-19H,3-6,8-10,12-13H2,1-2H3,(H,23,24)/t14-,15+,16+,17-,18+,19-,22-/m0/s1. The summed E-state index contributed by atoms with van der Waals surface area (Å²) in [7, 11) is 0. The molecule has 0 spiro atoms. The first-order valence-corrected chi connectivity index (χ1v) is 10.7. The van der Waals surface area contributed by atoms with Crippen LogP contribution in [-0.4, -0.2) is 24.0 Å². The van der Waals surface area contributed by atoms with E-state index in [-0.39, 0.29) is 23.4 Å². The van der Waals surface area contributed by atoms with Gasteiger partial charge in [0, 0.05) is 23.8 Å². The van der Waals surface area contributed by atoms with E-state index in [1.165, 1.54) is 19.3 Å². The molecule has 0 unspecified atom stereocenters. The third kappa shape index (κ3) is 2.99. The van der Waals surface area contributed by atoms with Crippen LogP contribution < -0.4 is 5.32 Å². The van der Waals surface area contributed by atoms with E-state index in [2.05, 4.69) is 25.2 Å². The molecule has 1 N–H and O–H groups in total. The molecular weight excluding hydrogens is 326 g/mol. The number of carbonyl (C=O) groups is 2. The molecule has 0 radical (unpaired) electrons. The van der Waals surface area contributed by atoms with Gasteiger partial charge in [-0.2, -0.15) is 0 Å². The molecule has 7 atom stereocenters. The number of unbranched alkanes of at least 4 members (excludes halogenated alkanes) is 1. The van der Waals surface area contributed by atoms with E-state index >= 15 is 0 Å². The minimum atomic E-state index is 0.00230. The summed E-state index contributed by atoms with van der Waals surface area (Å²) >= 11 is 0. The molecule has 26 heavy (non-hydrogen) atoms. The number of fused-ring (bicyclic) bond motifs is 5. The number of carbonyl (C=O) groups excluding carboxylic acids is 2. The summed E-state index contributed by atoms with van der Waals surface area (Å²) in [4.78, 5) is 23.9. The topological polar surface area (TPSA) is 55.4 Å². The predicted molar refractivity (Wildman–Crippen MR) is 100 cm³/mol. The molecule has 0 bridgehead atoms. The Hall–Kier alpha value is -1.32.